The van der Waals surface area contributed by atoms with E-state index in [1.54, 1.807) is 56.3 Å². The monoisotopic (exact) mass is 612 g/mol. The van der Waals surface area contributed by atoms with Gasteiger partial charge in [-0.05, 0) is 51.3 Å². The predicted octanol–water partition coefficient (Wildman–Crippen LogP) is 2.96. The van der Waals surface area contributed by atoms with Crippen molar-refractivity contribution in [1.82, 2.24) is 0 Å². The van der Waals surface area contributed by atoms with Crippen LogP contribution in [0.4, 0.5) is 0 Å². The topological polar surface area (TPSA) is 152 Å². The van der Waals surface area contributed by atoms with E-state index in [-0.39, 0.29) is 12.0 Å². The first-order valence-corrected chi connectivity index (χ1v) is 14.9. The molecule has 11 heteroatoms. The molecule has 0 unspecified atom stereocenters. The van der Waals surface area contributed by atoms with Gasteiger partial charge in [0.15, 0.2) is 5.78 Å². The van der Waals surface area contributed by atoms with Crippen LogP contribution >= 0.6 is 0 Å². The Morgan fingerprint density at radius 3 is 2.16 bits per heavy atom. The summed E-state index contributed by atoms with van der Waals surface area (Å²) >= 11 is 0. The van der Waals surface area contributed by atoms with E-state index in [1.807, 2.05) is 13.8 Å². The first kappa shape index (κ1) is 31.8. The molecule has 0 amide bonds. The Morgan fingerprint density at radius 2 is 1.57 bits per heavy atom. The molecule has 0 aromatic heterocycles. The standard InChI is InChI=1S/C33H40O11/c1-17-15-33(39)24(25(17)43-28(37)21-11-9-8-10-12-21)27(42-20(4)36)32(16-40-18(2)34)23(41-19(3)35)14-13-22-26(32)31(7,29(33)38)44-30(22,5)6/h8-14,17,22-27,39H,15-16H2,1-7H3/t17-,22+,23-,24-,25+,26-,27-,31+,32-,33-/m1/s1. The fourth-order valence-electron chi connectivity index (χ4n) is 8.64. The summed E-state index contributed by atoms with van der Waals surface area (Å²) in [5, 5.41) is 12.6. The highest BCUT2D eigenvalue weighted by molar-refractivity contribution is 5.97. The highest BCUT2D eigenvalue weighted by atomic mass is 16.6. The van der Waals surface area contributed by atoms with E-state index in [9.17, 15) is 29.1 Å². The summed E-state index contributed by atoms with van der Waals surface area (Å²) in [7, 11) is 0. The molecule has 2 saturated carbocycles. The van der Waals surface area contributed by atoms with E-state index in [0.717, 1.165) is 0 Å². The number of fused-ring (bicyclic) bond motifs is 1. The van der Waals surface area contributed by atoms with Gasteiger partial charge in [0, 0.05) is 32.6 Å². The summed E-state index contributed by atoms with van der Waals surface area (Å²) in [6.45, 7) is 10.1. The maximum absolute atomic E-state index is 14.9. The molecule has 1 N–H and O–H groups in total. The van der Waals surface area contributed by atoms with Crippen molar-refractivity contribution in [2.24, 2.45) is 29.1 Å². The Bertz CT molecular complexity index is 1400. The number of Topliss-reactive ketones (excluding diaryl/α,β-unsaturated/α-hetero) is 1. The summed E-state index contributed by atoms with van der Waals surface area (Å²) in [6.07, 6.45) is -0.446. The van der Waals surface area contributed by atoms with Crippen molar-refractivity contribution in [2.75, 3.05) is 6.61 Å². The van der Waals surface area contributed by atoms with Crippen LogP contribution in [0.25, 0.3) is 0 Å². The summed E-state index contributed by atoms with van der Waals surface area (Å²) in [4.78, 5) is 66.2. The highest BCUT2D eigenvalue weighted by Crippen LogP contribution is 2.67. The minimum absolute atomic E-state index is 0.132. The Balaban J connectivity index is 1.80. The number of carbonyl (C=O) groups excluding carboxylic acids is 5. The van der Waals surface area contributed by atoms with E-state index < -0.39 is 100 Å². The minimum Gasteiger partial charge on any atom is -0.465 e. The number of ketones is 1. The number of hydrogen-bond acceptors (Lipinski definition) is 11. The number of aliphatic hydroxyl groups is 1. The third-order valence-electron chi connectivity index (χ3n) is 10.00. The Morgan fingerprint density at radius 1 is 0.932 bits per heavy atom. The highest BCUT2D eigenvalue weighted by Gasteiger charge is 2.80. The van der Waals surface area contributed by atoms with Crippen molar-refractivity contribution in [2.45, 2.75) is 90.0 Å². The second-order valence-corrected chi connectivity index (χ2v) is 13.4. The van der Waals surface area contributed by atoms with Gasteiger partial charge in [-0.15, -0.1) is 0 Å². The van der Waals surface area contributed by atoms with Crippen LogP contribution in [0.3, 0.4) is 0 Å². The van der Waals surface area contributed by atoms with Gasteiger partial charge in [-0.1, -0.05) is 31.2 Å². The van der Waals surface area contributed by atoms with Crippen LogP contribution in [0.15, 0.2) is 42.5 Å². The molecule has 0 spiro atoms. The lowest BCUT2D eigenvalue weighted by molar-refractivity contribution is -0.213. The molecule has 1 heterocycles. The third kappa shape index (κ3) is 4.75. The van der Waals surface area contributed by atoms with Gasteiger partial charge in [0.05, 0.1) is 22.5 Å². The molecule has 1 aromatic carbocycles. The maximum Gasteiger partial charge on any atom is 0.338 e. The van der Waals surface area contributed by atoms with Gasteiger partial charge in [-0.25, -0.2) is 4.79 Å². The zero-order chi connectivity index (χ0) is 32.4. The second kappa shape index (κ2) is 10.8. The molecule has 1 aliphatic heterocycles. The molecule has 3 aliphatic carbocycles. The maximum atomic E-state index is 14.9. The van der Waals surface area contributed by atoms with E-state index in [0.29, 0.717) is 0 Å². The van der Waals surface area contributed by atoms with E-state index in [2.05, 4.69) is 0 Å². The van der Waals surface area contributed by atoms with Crippen molar-refractivity contribution in [3.05, 3.63) is 48.0 Å². The lowest BCUT2D eigenvalue weighted by Crippen LogP contribution is -2.64. The first-order valence-electron chi connectivity index (χ1n) is 14.9. The molecule has 0 bridgehead atoms. The van der Waals surface area contributed by atoms with Crippen LogP contribution in [0, 0.1) is 29.1 Å². The van der Waals surface area contributed by atoms with E-state index in [1.165, 1.54) is 20.8 Å². The molecular weight excluding hydrogens is 572 g/mol. The SMILES string of the molecule is CC(=O)OC[C@@]12[C@H](OC(C)=O)[C@H]3[C@@H](OC(=O)c4ccccc4)[C@H](C)C[C@]3(O)C(=O)[C@@]3(C)OC(C)(C)[C@@H](C=C[C@H]1OC(C)=O)[C@@H]23. The van der Waals surface area contributed by atoms with Crippen molar-refractivity contribution >= 4 is 29.7 Å². The van der Waals surface area contributed by atoms with E-state index in [4.69, 9.17) is 23.7 Å². The molecule has 4 aliphatic rings. The van der Waals surface area contributed by atoms with Gasteiger partial charge in [0.2, 0.25) is 0 Å². The van der Waals surface area contributed by atoms with Gasteiger partial charge in [0.1, 0.15) is 36.1 Å². The van der Waals surface area contributed by atoms with Gasteiger partial charge in [-0.3, -0.25) is 19.2 Å². The zero-order valence-electron chi connectivity index (χ0n) is 26.0. The van der Waals surface area contributed by atoms with Crippen molar-refractivity contribution in [3.8, 4) is 0 Å². The quantitative estimate of drug-likeness (QED) is 0.287. The van der Waals surface area contributed by atoms with Crippen molar-refractivity contribution in [3.63, 3.8) is 0 Å². The fraction of sp³-hybridized carbons (Fsp3) is 0.606. The normalized spacial score (nSPS) is 39.8. The third-order valence-corrected chi connectivity index (χ3v) is 10.00. The molecular formula is C33H40O11. The van der Waals surface area contributed by atoms with Crippen LogP contribution in [-0.4, -0.2) is 76.5 Å². The van der Waals surface area contributed by atoms with E-state index >= 15 is 0 Å². The van der Waals surface area contributed by atoms with Crippen molar-refractivity contribution in [1.29, 1.82) is 0 Å². The molecule has 5 rings (SSSR count). The number of benzene rings is 1. The fourth-order valence-corrected chi connectivity index (χ4v) is 8.64. The first-order chi connectivity index (χ1) is 20.5. The molecule has 44 heavy (non-hydrogen) atoms. The van der Waals surface area contributed by atoms with Gasteiger partial charge in [-0.2, -0.15) is 0 Å². The Kier molecular flexibility index (Phi) is 7.82. The van der Waals surface area contributed by atoms with Gasteiger partial charge < -0.3 is 28.8 Å². The number of ether oxygens (including phenoxy) is 5. The molecule has 10 atom stereocenters. The molecule has 1 aromatic rings. The number of rotatable bonds is 6. The van der Waals surface area contributed by atoms with Crippen molar-refractivity contribution < 1.29 is 52.8 Å². The van der Waals surface area contributed by atoms with Crippen LogP contribution < -0.4 is 0 Å². The molecule has 11 nitrogen and oxygen atoms in total. The average molecular weight is 613 g/mol. The lowest BCUT2D eigenvalue weighted by Gasteiger charge is -2.53. The average Bonchev–Trinajstić information content (AvgIpc) is 3.30. The zero-order valence-corrected chi connectivity index (χ0v) is 26.0. The van der Waals surface area contributed by atoms with Crippen LogP contribution in [-0.2, 0) is 42.9 Å². The Hall–Kier alpha value is -3.57. The largest absolute Gasteiger partial charge is 0.465 e. The summed E-state index contributed by atoms with van der Waals surface area (Å²) in [6, 6.07) is 8.25. The molecule has 1 saturated heterocycles. The Labute approximate surface area is 256 Å². The lowest BCUT2D eigenvalue weighted by atomic mass is 9.54. The summed E-state index contributed by atoms with van der Waals surface area (Å²) < 4.78 is 30.3. The van der Waals surface area contributed by atoms with Gasteiger partial charge >= 0.3 is 23.9 Å². The number of hydrogen-bond donors (Lipinski definition) is 1. The molecule has 0 radical (unpaired) electrons. The number of carbonyl (C=O) groups is 5. The molecule has 3 fully saturated rings. The number of esters is 4. The predicted molar refractivity (Wildman–Crippen MR) is 153 cm³/mol. The van der Waals surface area contributed by atoms with Crippen LogP contribution in [0.5, 0.6) is 0 Å². The minimum atomic E-state index is -2.21. The molecule has 238 valence electrons. The second-order valence-electron chi connectivity index (χ2n) is 13.4. The van der Waals surface area contributed by atoms with Gasteiger partial charge in [0.25, 0.3) is 0 Å². The summed E-state index contributed by atoms with van der Waals surface area (Å²) in [5.74, 6) is -6.80. The smallest absolute Gasteiger partial charge is 0.338 e. The van der Waals surface area contributed by atoms with Crippen LogP contribution in [0.2, 0.25) is 0 Å². The summed E-state index contributed by atoms with van der Waals surface area (Å²) in [5.41, 5.74) is -6.29. The van der Waals surface area contributed by atoms with Crippen LogP contribution in [0.1, 0.15) is 65.2 Å².